The van der Waals surface area contributed by atoms with Gasteiger partial charge in [0.15, 0.2) is 0 Å². The van der Waals surface area contributed by atoms with Gasteiger partial charge in [-0.3, -0.25) is 18.8 Å². The monoisotopic (exact) mass is 708 g/mol. The fourth-order valence-corrected chi connectivity index (χ4v) is 6.93. The molecule has 2 N–H and O–H groups in total. The van der Waals surface area contributed by atoms with E-state index < -0.39 is 15.6 Å². The molecule has 0 fully saturated rings. The van der Waals surface area contributed by atoms with Crippen molar-refractivity contribution in [2.24, 2.45) is 0 Å². The minimum Gasteiger partial charge on any atom is -0.404 e. The first-order valence-corrected chi connectivity index (χ1v) is 21.4. The van der Waals surface area contributed by atoms with E-state index in [4.69, 9.17) is 18.1 Å². The highest BCUT2D eigenvalue weighted by Gasteiger charge is 2.23. The maximum Gasteiger partial charge on any atom is 0.527 e. The maximum atomic E-state index is 12.3. The molecule has 2 unspecified atom stereocenters. The third-order valence-corrected chi connectivity index (χ3v) is 10.1. The second-order valence-corrected chi connectivity index (χ2v) is 15.4. The van der Waals surface area contributed by atoms with Crippen molar-refractivity contribution < 1.29 is 37.0 Å². The molecule has 0 bridgehead atoms. The van der Waals surface area contributed by atoms with Crippen molar-refractivity contribution >= 4 is 27.8 Å². The normalized spacial score (nSPS) is 14.2. The number of phosphoric ester groups is 2. The molecular weight excluding hydrogens is 646 g/mol. The van der Waals surface area contributed by atoms with Gasteiger partial charge < -0.3 is 9.05 Å². The van der Waals surface area contributed by atoms with Gasteiger partial charge in [0.05, 0.1) is 13.2 Å². The molecule has 0 saturated carbocycles. The van der Waals surface area contributed by atoms with Gasteiger partial charge >= 0.3 is 15.6 Å². The quantitative estimate of drug-likeness (QED) is 0.0468. The molecular formula is C38H62O8P2. The lowest BCUT2D eigenvalue weighted by Crippen LogP contribution is -1.99. The summed E-state index contributed by atoms with van der Waals surface area (Å²) in [5, 5.41) is 0. The van der Waals surface area contributed by atoms with Crippen LogP contribution in [0, 0.1) is 0 Å². The van der Waals surface area contributed by atoms with E-state index in [-0.39, 0.29) is 24.7 Å². The Morgan fingerprint density at radius 3 is 1.02 bits per heavy atom. The van der Waals surface area contributed by atoms with Crippen LogP contribution in [0.15, 0.2) is 48.5 Å². The van der Waals surface area contributed by atoms with E-state index in [1.165, 1.54) is 89.9 Å². The van der Waals surface area contributed by atoms with Gasteiger partial charge in [0.2, 0.25) is 0 Å². The highest BCUT2D eigenvalue weighted by molar-refractivity contribution is 7.48. The third-order valence-electron chi connectivity index (χ3n) is 8.17. The zero-order valence-corrected chi connectivity index (χ0v) is 31.4. The molecule has 2 aromatic rings. The predicted molar refractivity (Wildman–Crippen MR) is 198 cm³/mol. The van der Waals surface area contributed by atoms with Crippen LogP contribution in [0.5, 0.6) is 11.5 Å². The van der Waals surface area contributed by atoms with Crippen LogP contribution in [-0.2, 0) is 18.2 Å². The summed E-state index contributed by atoms with van der Waals surface area (Å²) in [7, 11) is -8.37. The van der Waals surface area contributed by atoms with Crippen molar-refractivity contribution in [2.75, 3.05) is 13.2 Å². The molecule has 2 rings (SSSR count). The van der Waals surface area contributed by atoms with Crippen molar-refractivity contribution in [3.8, 4) is 11.5 Å². The van der Waals surface area contributed by atoms with E-state index in [1.54, 1.807) is 48.5 Å². The molecule has 0 heterocycles. The summed E-state index contributed by atoms with van der Waals surface area (Å²) in [4.78, 5) is 20.2. The van der Waals surface area contributed by atoms with E-state index in [2.05, 4.69) is 13.8 Å². The first-order valence-electron chi connectivity index (χ1n) is 18.4. The zero-order valence-electron chi connectivity index (χ0n) is 29.6. The van der Waals surface area contributed by atoms with Crippen LogP contribution < -0.4 is 9.05 Å². The average Bonchev–Trinajstić information content (AvgIpc) is 3.06. The Balaban J connectivity index is 1.62. The lowest BCUT2D eigenvalue weighted by atomic mass is 10.1. The van der Waals surface area contributed by atoms with Crippen LogP contribution in [0.3, 0.4) is 0 Å². The number of unbranched alkanes of at least 4 members (excludes halogenated alkanes) is 18. The number of benzene rings is 2. The van der Waals surface area contributed by atoms with Crippen molar-refractivity contribution in [1.82, 2.24) is 0 Å². The van der Waals surface area contributed by atoms with Crippen molar-refractivity contribution in [3.05, 3.63) is 59.7 Å². The minimum absolute atomic E-state index is 0.192. The van der Waals surface area contributed by atoms with Gasteiger partial charge in [-0.25, -0.2) is 9.13 Å². The lowest BCUT2D eigenvalue weighted by Gasteiger charge is -2.13. The predicted octanol–water partition coefficient (Wildman–Crippen LogP) is 12.7. The number of phosphoric acid groups is 2. The van der Waals surface area contributed by atoms with Gasteiger partial charge in [-0.05, 0) is 48.2 Å². The van der Waals surface area contributed by atoms with Crippen molar-refractivity contribution in [3.63, 3.8) is 0 Å². The number of rotatable bonds is 30. The van der Waals surface area contributed by atoms with Gasteiger partial charge in [0.1, 0.15) is 11.5 Å². The summed E-state index contributed by atoms with van der Waals surface area (Å²) in [6, 6.07) is 13.6. The molecule has 2 aromatic carbocycles. The van der Waals surface area contributed by atoms with E-state index in [1.807, 2.05) is 12.2 Å². The van der Waals surface area contributed by atoms with Gasteiger partial charge in [0.25, 0.3) is 0 Å². The largest absolute Gasteiger partial charge is 0.527 e. The highest BCUT2D eigenvalue weighted by atomic mass is 31.2. The molecule has 0 radical (unpaired) electrons. The summed E-state index contributed by atoms with van der Waals surface area (Å²) < 4.78 is 45.4. The van der Waals surface area contributed by atoms with E-state index >= 15 is 0 Å². The molecule has 2 atom stereocenters. The van der Waals surface area contributed by atoms with Crippen LogP contribution in [-0.4, -0.2) is 23.0 Å². The van der Waals surface area contributed by atoms with Crippen molar-refractivity contribution in [2.45, 2.75) is 142 Å². The van der Waals surface area contributed by atoms with Crippen LogP contribution in [0.1, 0.15) is 153 Å². The Morgan fingerprint density at radius 1 is 0.458 bits per heavy atom. The summed E-state index contributed by atoms with van der Waals surface area (Å²) in [6.07, 6.45) is 27.3. The molecule has 0 aliphatic heterocycles. The Kier molecular flexibility index (Phi) is 22.9. The average molecular weight is 709 g/mol. The summed E-state index contributed by atoms with van der Waals surface area (Å²) in [6.45, 7) is 4.84. The standard InChI is InChI=1S/C38H62O8P2/c1-3-5-7-9-11-13-15-17-19-21-33-43-47(39,40)45-37-29-25-35(26-30-37)23-24-36-27-31-38(32-28-36)46-48(41,42)44-34-22-20-18-16-14-12-10-8-6-4-2/h23-32H,3-22,33-34H2,1-2H3,(H,39,40)(H,41,42)/b24-23+. The smallest absolute Gasteiger partial charge is 0.404 e. The lowest BCUT2D eigenvalue weighted by molar-refractivity contribution is 0.198. The molecule has 8 nitrogen and oxygen atoms in total. The van der Waals surface area contributed by atoms with Gasteiger partial charge in [0, 0.05) is 0 Å². The van der Waals surface area contributed by atoms with Gasteiger partial charge in [-0.15, -0.1) is 0 Å². The van der Waals surface area contributed by atoms with E-state index in [9.17, 15) is 18.9 Å². The SMILES string of the molecule is CCCCCCCCCCCCOP(=O)(O)Oc1ccc(/C=C/c2ccc(OP(=O)(O)OCCCCCCCCCCCC)cc2)cc1. The topological polar surface area (TPSA) is 112 Å². The van der Waals surface area contributed by atoms with E-state index in [0.717, 1.165) is 49.7 Å². The summed E-state index contributed by atoms with van der Waals surface area (Å²) in [5.74, 6) is 0.512. The fourth-order valence-electron chi connectivity index (χ4n) is 5.33. The third kappa shape index (κ3) is 21.9. The Hall–Kier alpha value is -1.92. The minimum atomic E-state index is -4.18. The molecule has 0 aliphatic carbocycles. The summed E-state index contributed by atoms with van der Waals surface area (Å²) in [5.41, 5.74) is 1.73. The molecule has 10 heteroatoms. The molecule has 0 amide bonds. The fraction of sp³-hybridized carbons (Fsp3) is 0.632. The van der Waals surface area contributed by atoms with Crippen LogP contribution in [0.25, 0.3) is 12.2 Å². The molecule has 0 saturated heterocycles. The van der Waals surface area contributed by atoms with Crippen LogP contribution >= 0.6 is 15.6 Å². The van der Waals surface area contributed by atoms with Gasteiger partial charge in [-0.1, -0.05) is 166 Å². The second kappa shape index (κ2) is 26.0. The van der Waals surface area contributed by atoms with E-state index in [0.29, 0.717) is 0 Å². The molecule has 0 aromatic heterocycles. The first kappa shape index (κ1) is 42.2. The molecule has 48 heavy (non-hydrogen) atoms. The molecule has 0 spiro atoms. The number of hydrogen-bond acceptors (Lipinski definition) is 6. The first-order chi connectivity index (χ1) is 23.2. The van der Waals surface area contributed by atoms with Gasteiger partial charge in [-0.2, -0.15) is 0 Å². The van der Waals surface area contributed by atoms with Crippen molar-refractivity contribution in [1.29, 1.82) is 0 Å². The Labute approximate surface area is 290 Å². The van der Waals surface area contributed by atoms with Crippen LogP contribution in [0.2, 0.25) is 0 Å². The second-order valence-electron chi connectivity index (χ2n) is 12.6. The number of hydrogen-bond donors (Lipinski definition) is 2. The highest BCUT2D eigenvalue weighted by Crippen LogP contribution is 2.45. The molecule has 0 aliphatic rings. The maximum absolute atomic E-state index is 12.3. The Bertz CT molecular complexity index is 1110. The molecule has 272 valence electrons. The Morgan fingerprint density at radius 2 is 0.729 bits per heavy atom. The zero-order chi connectivity index (χ0) is 34.8. The summed E-state index contributed by atoms with van der Waals surface area (Å²) >= 11 is 0. The van der Waals surface area contributed by atoms with Crippen LogP contribution in [0.4, 0.5) is 0 Å².